The second kappa shape index (κ2) is 6.77. The van der Waals surface area contributed by atoms with Gasteiger partial charge in [-0.05, 0) is 12.1 Å². The first-order valence-corrected chi connectivity index (χ1v) is 7.59. The zero-order chi connectivity index (χ0) is 13.6. The minimum Gasteiger partial charge on any atom is -0.351 e. The Morgan fingerprint density at radius 3 is 2.61 bits per heavy atom. The summed E-state index contributed by atoms with van der Waals surface area (Å²) in [6.07, 6.45) is 0. The first kappa shape index (κ1) is 15.0. The monoisotopic (exact) mass is 288 g/mol. The molecule has 0 aliphatic heterocycles. The number of hydrogen-bond acceptors (Lipinski definition) is 4. The molecule has 0 saturated heterocycles. The molecule has 1 amide bonds. The van der Waals surface area contributed by atoms with Gasteiger partial charge >= 0.3 is 0 Å². The van der Waals surface area contributed by atoms with E-state index in [2.05, 4.69) is 22.7 Å². The average Bonchev–Trinajstić information content (AvgIpc) is 2.29. The minimum absolute atomic E-state index is 0.0658. The normalized spacial score (nSPS) is 11.2. The van der Waals surface area contributed by atoms with Crippen LogP contribution in [-0.4, -0.2) is 33.2 Å². The number of amides is 1. The van der Waals surface area contributed by atoms with E-state index in [0.29, 0.717) is 17.0 Å². The van der Waals surface area contributed by atoms with Gasteiger partial charge in [0.1, 0.15) is 0 Å². The Bertz CT molecular complexity index is 515. The Morgan fingerprint density at radius 2 is 2.00 bits per heavy atom. The summed E-state index contributed by atoms with van der Waals surface area (Å²) < 4.78 is 25.0. The van der Waals surface area contributed by atoms with Crippen LogP contribution in [0.5, 0.6) is 0 Å². The Labute approximate surface area is 112 Å². The molecular weight excluding hydrogens is 272 g/mol. The van der Waals surface area contributed by atoms with Crippen molar-refractivity contribution in [1.82, 2.24) is 10.0 Å². The van der Waals surface area contributed by atoms with Crippen LogP contribution in [0.15, 0.2) is 29.2 Å². The SMILES string of the molecule is CCNS(=O)(=O)CCNC(=O)c1ccccc1S. The lowest BCUT2D eigenvalue weighted by molar-refractivity contribution is 0.0953. The van der Waals surface area contributed by atoms with Crippen LogP contribution in [0.25, 0.3) is 0 Å². The maximum Gasteiger partial charge on any atom is 0.252 e. The van der Waals surface area contributed by atoms with Gasteiger partial charge in [0.05, 0.1) is 11.3 Å². The van der Waals surface area contributed by atoms with Crippen LogP contribution in [0.3, 0.4) is 0 Å². The lowest BCUT2D eigenvalue weighted by atomic mass is 10.2. The van der Waals surface area contributed by atoms with Crippen molar-refractivity contribution < 1.29 is 13.2 Å². The van der Waals surface area contributed by atoms with Crippen LogP contribution in [0.2, 0.25) is 0 Å². The number of rotatable bonds is 6. The number of nitrogens with one attached hydrogen (secondary N) is 2. The number of hydrogen-bond donors (Lipinski definition) is 3. The van der Waals surface area contributed by atoms with Crippen LogP contribution in [0.4, 0.5) is 0 Å². The van der Waals surface area contributed by atoms with E-state index in [9.17, 15) is 13.2 Å². The number of benzene rings is 1. The largest absolute Gasteiger partial charge is 0.351 e. The maximum atomic E-state index is 11.7. The van der Waals surface area contributed by atoms with E-state index < -0.39 is 10.0 Å². The molecule has 2 N–H and O–H groups in total. The molecule has 0 bridgehead atoms. The molecule has 0 unspecified atom stereocenters. The Kier molecular flexibility index (Phi) is 5.64. The van der Waals surface area contributed by atoms with Crippen LogP contribution < -0.4 is 10.0 Å². The lowest BCUT2D eigenvalue weighted by Gasteiger charge is -2.07. The molecule has 1 aromatic carbocycles. The van der Waals surface area contributed by atoms with Gasteiger partial charge in [0.25, 0.3) is 5.91 Å². The van der Waals surface area contributed by atoms with Gasteiger partial charge in [0.15, 0.2) is 0 Å². The minimum atomic E-state index is -3.30. The van der Waals surface area contributed by atoms with Gasteiger partial charge in [-0.25, -0.2) is 13.1 Å². The van der Waals surface area contributed by atoms with Crippen molar-refractivity contribution in [3.05, 3.63) is 29.8 Å². The van der Waals surface area contributed by atoms with Crippen molar-refractivity contribution in [2.45, 2.75) is 11.8 Å². The van der Waals surface area contributed by atoms with Gasteiger partial charge in [-0.2, -0.15) is 0 Å². The van der Waals surface area contributed by atoms with Gasteiger partial charge < -0.3 is 5.32 Å². The fourth-order valence-electron chi connectivity index (χ4n) is 1.35. The molecule has 0 radical (unpaired) electrons. The summed E-state index contributed by atoms with van der Waals surface area (Å²) in [4.78, 5) is 12.3. The number of thiol groups is 1. The molecule has 0 aliphatic rings. The highest BCUT2D eigenvalue weighted by Gasteiger charge is 2.11. The standard InChI is InChI=1S/C11H16N2O3S2/c1-2-13-18(15,16)8-7-12-11(14)9-5-3-4-6-10(9)17/h3-6,13,17H,2,7-8H2,1H3,(H,12,14). The fourth-order valence-corrected chi connectivity index (χ4v) is 2.57. The molecule has 5 nitrogen and oxygen atoms in total. The lowest BCUT2D eigenvalue weighted by Crippen LogP contribution is -2.34. The molecule has 18 heavy (non-hydrogen) atoms. The van der Waals surface area contributed by atoms with E-state index >= 15 is 0 Å². The highest BCUT2D eigenvalue weighted by atomic mass is 32.2. The number of sulfonamides is 1. The van der Waals surface area contributed by atoms with Crippen LogP contribution >= 0.6 is 12.6 Å². The summed E-state index contributed by atoms with van der Waals surface area (Å²) in [6.45, 7) is 2.11. The zero-order valence-electron chi connectivity index (χ0n) is 10.0. The second-order valence-corrected chi connectivity index (χ2v) is 6.00. The first-order valence-electron chi connectivity index (χ1n) is 5.50. The van der Waals surface area contributed by atoms with Crippen molar-refractivity contribution in [2.75, 3.05) is 18.8 Å². The van der Waals surface area contributed by atoms with Crippen LogP contribution in [0.1, 0.15) is 17.3 Å². The van der Waals surface area contributed by atoms with Crippen molar-refractivity contribution >= 4 is 28.6 Å². The summed E-state index contributed by atoms with van der Waals surface area (Å²) >= 11 is 4.16. The highest BCUT2D eigenvalue weighted by Crippen LogP contribution is 2.12. The molecule has 0 aliphatic carbocycles. The topological polar surface area (TPSA) is 75.3 Å². The first-order chi connectivity index (χ1) is 8.46. The molecule has 0 fully saturated rings. The summed E-state index contributed by atoms with van der Waals surface area (Å²) in [6, 6.07) is 6.84. The molecule has 0 saturated carbocycles. The second-order valence-electron chi connectivity index (χ2n) is 3.59. The zero-order valence-corrected chi connectivity index (χ0v) is 11.7. The predicted octanol–water partition coefficient (Wildman–Crippen LogP) is 0.644. The summed E-state index contributed by atoms with van der Waals surface area (Å²) in [5, 5.41) is 2.55. The smallest absolute Gasteiger partial charge is 0.252 e. The van der Waals surface area contributed by atoms with Gasteiger partial charge in [0, 0.05) is 18.0 Å². The van der Waals surface area contributed by atoms with Crippen molar-refractivity contribution in [3.8, 4) is 0 Å². The average molecular weight is 288 g/mol. The van der Waals surface area contributed by atoms with Gasteiger partial charge in [-0.1, -0.05) is 19.1 Å². The van der Waals surface area contributed by atoms with E-state index in [1.807, 2.05) is 0 Å². The maximum absolute atomic E-state index is 11.7. The van der Waals surface area contributed by atoms with E-state index in [4.69, 9.17) is 0 Å². The van der Waals surface area contributed by atoms with Crippen molar-refractivity contribution in [3.63, 3.8) is 0 Å². The third-order valence-corrected chi connectivity index (χ3v) is 4.03. The Balaban J connectivity index is 2.51. The molecule has 0 heterocycles. The van der Waals surface area contributed by atoms with E-state index in [1.165, 1.54) is 0 Å². The molecule has 1 rings (SSSR count). The molecular formula is C11H16N2O3S2. The van der Waals surface area contributed by atoms with Gasteiger partial charge in [-0.15, -0.1) is 12.6 Å². The Morgan fingerprint density at radius 1 is 1.33 bits per heavy atom. The Hall–Kier alpha value is -1.05. The quantitative estimate of drug-likeness (QED) is 0.673. The van der Waals surface area contributed by atoms with E-state index in [0.717, 1.165) is 0 Å². The van der Waals surface area contributed by atoms with E-state index in [-0.39, 0.29) is 18.2 Å². The van der Waals surface area contributed by atoms with E-state index in [1.54, 1.807) is 31.2 Å². The molecule has 0 atom stereocenters. The third kappa shape index (κ3) is 4.67. The highest BCUT2D eigenvalue weighted by molar-refractivity contribution is 7.89. The van der Waals surface area contributed by atoms with Gasteiger partial charge in [-0.3, -0.25) is 4.79 Å². The summed E-state index contributed by atoms with van der Waals surface area (Å²) in [5.41, 5.74) is 0.432. The number of carbonyl (C=O) groups is 1. The molecule has 7 heteroatoms. The fraction of sp³-hybridized carbons (Fsp3) is 0.364. The third-order valence-electron chi connectivity index (χ3n) is 2.17. The molecule has 0 aromatic heterocycles. The predicted molar refractivity (Wildman–Crippen MR) is 73.5 cm³/mol. The van der Waals surface area contributed by atoms with Crippen LogP contribution in [0, 0.1) is 0 Å². The van der Waals surface area contributed by atoms with Crippen molar-refractivity contribution in [2.24, 2.45) is 0 Å². The summed E-state index contributed by atoms with van der Waals surface area (Å²) in [7, 11) is -3.30. The molecule has 1 aromatic rings. The number of carbonyl (C=O) groups excluding carboxylic acids is 1. The van der Waals surface area contributed by atoms with Gasteiger partial charge in [0.2, 0.25) is 10.0 Å². The van der Waals surface area contributed by atoms with Crippen LogP contribution in [-0.2, 0) is 10.0 Å². The molecule has 100 valence electrons. The summed E-state index contributed by atoms with van der Waals surface area (Å²) in [5.74, 6) is -0.464. The molecule has 0 spiro atoms. The van der Waals surface area contributed by atoms with Crippen molar-refractivity contribution in [1.29, 1.82) is 0 Å².